The summed E-state index contributed by atoms with van der Waals surface area (Å²) in [5.74, 6) is 2.16. The lowest BCUT2D eigenvalue weighted by molar-refractivity contribution is -0.117. The van der Waals surface area contributed by atoms with Crippen LogP contribution in [0.4, 0.5) is 0 Å². The second-order valence-electron chi connectivity index (χ2n) is 6.38. The van der Waals surface area contributed by atoms with Crippen LogP contribution in [-0.4, -0.2) is 25.7 Å². The molecule has 5 nitrogen and oxygen atoms in total. The van der Waals surface area contributed by atoms with Gasteiger partial charge in [-0.3, -0.25) is 4.79 Å². The van der Waals surface area contributed by atoms with Crippen LogP contribution < -0.4 is 19.5 Å². The maximum absolute atomic E-state index is 12.2. The van der Waals surface area contributed by atoms with Crippen LogP contribution in [0.25, 0.3) is 6.08 Å². The van der Waals surface area contributed by atoms with Gasteiger partial charge in [0, 0.05) is 6.08 Å². The molecule has 0 radical (unpaired) electrons. The van der Waals surface area contributed by atoms with Crippen LogP contribution in [0.5, 0.6) is 17.2 Å². The molecule has 1 aliphatic rings. The van der Waals surface area contributed by atoms with Gasteiger partial charge in [0.1, 0.15) is 19.0 Å². The molecule has 2 aromatic rings. The SMILES string of the molecule is CCCOc1ccc(/C=C/C(=O)NC(C)c2ccc3c(c2)OCCO3)cc1. The first-order valence-corrected chi connectivity index (χ1v) is 9.26. The highest BCUT2D eigenvalue weighted by Crippen LogP contribution is 2.32. The third-order valence-corrected chi connectivity index (χ3v) is 4.21. The lowest BCUT2D eigenvalue weighted by Gasteiger charge is -2.20. The first-order valence-electron chi connectivity index (χ1n) is 9.26. The summed E-state index contributed by atoms with van der Waals surface area (Å²) in [6.45, 7) is 5.82. The Morgan fingerprint density at radius 2 is 1.89 bits per heavy atom. The average Bonchev–Trinajstić information content (AvgIpc) is 2.71. The van der Waals surface area contributed by atoms with Crippen LogP contribution in [0.1, 0.15) is 37.4 Å². The van der Waals surface area contributed by atoms with Crippen LogP contribution in [0.3, 0.4) is 0 Å². The van der Waals surface area contributed by atoms with E-state index in [0.717, 1.165) is 34.8 Å². The van der Waals surface area contributed by atoms with Gasteiger partial charge in [0.2, 0.25) is 5.91 Å². The zero-order valence-electron chi connectivity index (χ0n) is 15.7. The average molecular weight is 367 g/mol. The van der Waals surface area contributed by atoms with E-state index in [2.05, 4.69) is 12.2 Å². The molecular weight excluding hydrogens is 342 g/mol. The largest absolute Gasteiger partial charge is 0.494 e. The molecule has 1 amide bonds. The van der Waals surface area contributed by atoms with Crippen molar-refractivity contribution in [3.8, 4) is 17.2 Å². The number of carbonyl (C=O) groups excluding carboxylic acids is 1. The highest BCUT2D eigenvalue weighted by Gasteiger charge is 2.15. The van der Waals surface area contributed by atoms with Crippen molar-refractivity contribution >= 4 is 12.0 Å². The highest BCUT2D eigenvalue weighted by molar-refractivity contribution is 5.92. The summed E-state index contributed by atoms with van der Waals surface area (Å²) < 4.78 is 16.7. The number of rotatable bonds is 7. The van der Waals surface area contributed by atoms with Crippen molar-refractivity contribution in [1.82, 2.24) is 5.32 Å². The molecule has 3 rings (SSSR count). The molecule has 0 aliphatic carbocycles. The summed E-state index contributed by atoms with van der Waals surface area (Å²) in [7, 11) is 0. The van der Waals surface area contributed by atoms with Crippen LogP contribution >= 0.6 is 0 Å². The Labute approximate surface area is 159 Å². The van der Waals surface area contributed by atoms with Gasteiger partial charge in [-0.1, -0.05) is 25.1 Å². The quantitative estimate of drug-likeness (QED) is 0.748. The number of fused-ring (bicyclic) bond motifs is 1. The predicted molar refractivity (Wildman–Crippen MR) is 105 cm³/mol. The van der Waals surface area contributed by atoms with Crippen LogP contribution in [0.2, 0.25) is 0 Å². The smallest absolute Gasteiger partial charge is 0.244 e. The number of nitrogens with one attached hydrogen (secondary N) is 1. The van der Waals surface area contributed by atoms with Crippen molar-refractivity contribution in [2.24, 2.45) is 0 Å². The van der Waals surface area contributed by atoms with Gasteiger partial charge in [-0.2, -0.15) is 0 Å². The second kappa shape index (κ2) is 9.12. The lowest BCUT2D eigenvalue weighted by Crippen LogP contribution is -2.25. The maximum Gasteiger partial charge on any atom is 0.244 e. The maximum atomic E-state index is 12.2. The normalized spacial score (nSPS) is 14.0. The second-order valence-corrected chi connectivity index (χ2v) is 6.38. The number of benzene rings is 2. The van der Waals surface area contributed by atoms with Crippen LogP contribution in [-0.2, 0) is 4.79 Å². The fourth-order valence-electron chi connectivity index (χ4n) is 2.74. The molecule has 0 fully saturated rings. The van der Waals surface area contributed by atoms with Gasteiger partial charge < -0.3 is 19.5 Å². The Morgan fingerprint density at radius 1 is 1.15 bits per heavy atom. The Bertz CT molecular complexity index is 798. The highest BCUT2D eigenvalue weighted by atomic mass is 16.6. The molecule has 2 aromatic carbocycles. The molecule has 1 heterocycles. The van der Waals surface area contributed by atoms with Gasteiger partial charge in [-0.25, -0.2) is 0 Å². The molecule has 0 spiro atoms. The van der Waals surface area contributed by atoms with Gasteiger partial charge in [0.05, 0.1) is 12.6 Å². The Balaban J connectivity index is 1.56. The number of carbonyl (C=O) groups is 1. The fraction of sp³-hybridized carbons (Fsp3) is 0.318. The first-order chi connectivity index (χ1) is 13.2. The molecule has 0 saturated heterocycles. The van der Waals surface area contributed by atoms with Crippen molar-refractivity contribution in [3.63, 3.8) is 0 Å². The molecule has 1 atom stereocenters. The van der Waals surface area contributed by atoms with Crippen molar-refractivity contribution in [3.05, 3.63) is 59.7 Å². The van der Waals surface area contributed by atoms with Crippen molar-refractivity contribution < 1.29 is 19.0 Å². The first kappa shape index (κ1) is 18.8. The Kier molecular flexibility index (Phi) is 6.36. The number of hydrogen-bond donors (Lipinski definition) is 1. The summed E-state index contributed by atoms with van der Waals surface area (Å²) in [5, 5.41) is 2.97. The number of amides is 1. The zero-order chi connectivity index (χ0) is 19.1. The van der Waals surface area contributed by atoms with Crippen molar-refractivity contribution in [2.75, 3.05) is 19.8 Å². The summed E-state index contributed by atoms with van der Waals surface area (Å²) in [5.41, 5.74) is 1.92. The third-order valence-electron chi connectivity index (χ3n) is 4.21. The molecule has 27 heavy (non-hydrogen) atoms. The van der Waals surface area contributed by atoms with Crippen molar-refractivity contribution in [2.45, 2.75) is 26.3 Å². The molecule has 0 bridgehead atoms. The monoisotopic (exact) mass is 367 g/mol. The van der Waals surface area contributed by atoms with Crippen molar-refractivity contribution in [1.29, 1.82) is 0 Å². The van der Waals surface area contributed by atoms with E-state index in [1.165, 1.54) is 6.08 Å². The van der Waals surface area contributed by atoms with E-state index >= 15 is 0 Å². The molecule has 1 aliphatic heterocycles. The molecule has 1 unspecified atom stereocenters. The minimum atomic E-state index is -0.149. The van der Waals surface area contributed by atoms with E-state index in [9.17, 15) is 4.79 Å². The summed E-state index contributed by atoms with van der Waals surface area (Å²) in [6, 6.07) is 13.3. The summed E-state index contributed by atoms with van der Waals surface area (Å²) in [6.07, 6.45) is 4.30. The van der Waals surface area contributed by atoms with Gasteiger partial charge in [-0.15, -0.1) is 0 Å². The Morgan fingerprint density at radius 3 is 2.63 bits per heavy atom. The van der Waals surface area contributed by atoms with Gasteiger partial charge in [-0.05, 0) is 54.8 Å². The topological polar surface area (TPSA) is 56.8 Å². The van der Waals surface area contributed by atoms with Crippen LogP contribution in [0, 0.1) is 0 Å². The number of hydrogen-bond acceptors (Lipinski definition) is 4. The standard InChI is InChI=1S/C22H25NO4/c1-3-12-25-19-8-4-17(5-9-19)6-11-22(24)23-16(2)18-7-10-20-21(15-18)27-14-13-26-20/h4-11,15-16H,3,12-14H2,1-2H3,(H,23,24)/b11-6+. The van der Waals surface area contributed by atoms with E-state index in [4.69, 9.17) is 14.2 Å². The molecule has 5 heteroatoms. The van der Waals surface area contributed by atoms with Gasteiger partial charge >= 0.3 is 0 Å². The molecule has 1 N–H and O–H groups in total. The van der Waals surface area contributed by atoms with Gasteiger partial charge in [0.15, 0.2) is 11.5 Å². The molecule has 142 valence electrons. The summed E-state index contributed by atoms with van der Waals surface area (Å²) >= 11 is 0. The molecule has 0 saturated carbocycles. The minimum Gasteiger partial charge on any atom is -0.494 e. The lowest BCUT2D eigenvalue weighted by atomic mass is 10.1. The van der Waals surface area contributed by atoms with E-state index in [0.29, 0.717) is 19.8 Å². The zero-order valence-corrected chi connectivity index (χ0v) is 15.7. The van der Waals surface area contributed by atoms with Gasteiger partial charge in [0.25, 0.3) is 0 Å². The Hall–Kier alpha value is -2.95. The molecular formula is C22H25NO4. The van der Waals surface area contributed by atoms with Crippen LogP contribution in [0.15, 0.2) is 48.5 Å². The van der Waals surface area contributed by atoms with E-state index in [1.807, 2.05) is 49.4 Å². The third kappa shape index (κ3) is 5.26. The predicted octanol–water partition coefficient (Wildman–Crippen LogP) is 4.14. The number of ether oxygens (including phenoxy) is 3. The molecule has 0 aromatic heterocycles. The van der Waals surface area contributed by atoms with E-state index in [-0.39, 0.29) is 11.9 Å². The fourth-order valence-corrected chi connectivity index (χ4v) is 2.74. The summed E-state index contributed by atoms with van der Waals surface area (Å²) in [4.78, 5) is 12.2. The van der Waals surface area contributed by atoms with E-state index < -0.39 is 0 Å². The minimum absolute atomic E-state index is 0.136. The van der Waals surface area contributed by atoms with E-state index in [1.54, 1.807) is 6.08 Å².